The van der Waals surface area contributed by atoms with Crippen LogP contribution in [0.3, 0.4) is 0 Å². The van der Waals surface area contributed by atoms with Crippen LogP contribution in [0.25, 0.3) is 0 Å². The van der Waals surface area contributed by atoms with Crippen molar-refractivity contribution in [3.8, 4) is 5.75 Å². The van der Waals surface area contributed by atoms with Crippen molar-refractivity contribution in [2.45, 2.75) is 13.8 Å². The van der Waals surface area contributed by atoms with Gasteiger partial charge in [0.15, 0.2) is 0 Å². The summed E-state index contributed by atoms with van der Waals surface area (Å²) in [5.74, 6) is -0.194. The molecule has 0 atom stereocenters. The molecule has 20 heavy (non-hydrogen) atoms. The predicted molar refractivity (Wildman–Crippen MR) is 76.9 cm³/mol. The first-order valence-electron chi connectivity index (χ1n) is 6.21. The number of rotatable bonds is 3. The molecule has 2 aromatic carbocycles. The number of anilines is 1. The number of nitrogens with one attached hydrogen (secondary N) is 1. The van der Waals surface area contributed by atoms with Gasteiger partial charge in [0.2, 0.25) is 0 Å². The van der Waals surface area contributed by atoms with Gasteiger partial charge in [0.05, 0.1) is 0 Å². The molecular weight excluding hydrogens is 254 g/mol. The smallest absolute Gasteiger partial charge is 0.308 e. The van der Waals surface area contributed by atoms with Crippen molar-refractivity contribution in [2.24, 2.45) is 0 Å². The fourth-order valence-corrected chi connectivity index (χ4v) is 1.79. The molecule has 0 aromatic heterocycles. The molecule has 1 N–H and O–H groups in total. The zero-order valence-electron chi connectivity index (χ0n) is 11.3. The van der Waals surface area contributed by atoms with Crippen molar-refractivity contribution in [3.05, 3.63) is 59.7 Å². The van der Waals surface area contributed by atoms with Gasteiger partial charge in [-0.1, -0.05) is 23.8 Å². The second kappa shape index (κ2) is 6.02. The van der Waals surface area contributed by atoms with Gasteiger partial charge in [0, 0.05) is 24.2 Å². The Morgan fingerprint density at radius 3 is 2.50 bits per heavy atom. The fourth-order valence-electron chi connectivity index (χ4n) is 1.79. The molecule has 0 fully saturated rings. The van der Waals surface area contributed by atoms with Gasteiger partial charge in [-0.3, -0.25) is 9.59 Å². The van der Waals surface area contributed by atoms with E-state index < -0.39 is 5.97 Å². The number of aryl methyl sites for hydroxylation is 1. The molecule has 4 nitrogen and oxygen atoms in total. The lowest BCUT2D eigenvalue weighted by atomic mass is 10.1. The number of esters is 1. The van der Waals surface area contributed by atoms with Crippen LogP contribution in [0.4, 0.5) is 5.69 Å². The Morgan fingerprint density at radius 2 is 1.80 bits per heavy atom. The number of benzene rings is 2. The summed E-state index contributed by atoms with van der Waals surface area (Å²) >= 11 is 0. The van der Waals surface area contributed by atoms with E-state index in [-0.39, 0.29) is 5.91 Å². The zero-order chi connectivity index (χ0) is 14.5. The molecule has 0 saturated carbocycles. The molecule has 0 radical (unpaired) electrons. The van der Waals surface area contributed by atoms with E-state index in [1.54, 1.807) is 30.3 Å². The van der Waals surface area contributed by atoms with E-state index in [2.05, 4.69) is 5.32 Å². The average molecular weight is 269 g/mol. The molecule has 102 valence electrons. The molecule has 0 aliphatic carbocycles. The third-order valence-corrected chi connectivity index (χ3v) is 2.63. The Morgan fingerprint density at radius 1 is 1.05 bits per heavy atom. The monoisotopic (exact) mass is 269 g/mol. The lowest BCUT2D eigenvalue weighted by Gasteiger charge is -2.07. The Balaban J connectivity index is 2.13. The van der Waals surface area contributed by atoms with Gasteiger partial charge in [0.1, 0.15) is 5.75 Å². The van der Waals surface area contributed by atoms with Crippen molar-refractivity contribution in [3.63, 3.8) is 0 Å². The van der Waals surface area contributed by atoms with Gasteiger partial charge in [-0.05, 0) is 31.2 Å². The summed E-state index contributed by atoms with van der Waals surface area (Å²) in [6, 6.07) is 14.0. The maximum absolute atomic E-state index is 12.1. The van der Waals surface area contributed by atoms with Gasteiger partial charge in [-0.2, -0.15) is 0 Å². The number of carbonyl (C=O) groups excluding carboxylic acids is 2. The number of carbonyl (C=O) groups is 2. The SMILES string of the molecule is CC(=O)Oc1cccc(NC(=O)c2cccc(C)c2)c1. The number of hydrogen-bond acceptors (Lipinski definition) is 3. The summed E-state index contributed by atoms with van der Waals surface area (Å²) in [7, 11) is 0. The highest BCUT2D eigenvalue weighted by Crippen LogP contribution is 2.18. The highest BCUT2D eigenvalue weighted by Gasteiger charge is 2.07. The maximum atomic E-state index is 12.1. The minimum atomic E-state index is -0.396. The van der Waals surface area contributed by atoms with Crippen molar-refractivity contribution in [2.75, 3.05) is 5.32 Å². The Kier molecular flexibility index (Phi) is 4.15. The van der Waals surface area contributed by atoms with E-state index in [4.69, 9.17) is 4.74 Å². The van der Waals surface area contributed by atoms with Crippen LogP contribution in [0.2, 0.25) is 0 Å². The van der Waals surface area contributed by atoms with Crippen molar-refractivity contribution >= 4 is 17.6 Å². The van der Waals surface area contributed by atoms with Crippen molar-refractivity contribution in [1.29, 1.82) is 0 Å². The van der Waals surface area contributed by atoms with Crippen molar-refractivity contribution in [1.82, 2.24) is 0 Å². The van der Waals surface area contributed by atoms with Crippen LogP contribution >= 0.6 is 0 Å². The standard InChI is InChI=1S/C16H15NO3/c1-11-5-3-6-13(9-11)16(19)17-14-7-4-8-15(10-14)20-12(2)18/h3-10H,1-2H3,(H,17,19). The highest BCUT2D eigenvalue weighted by molar-refractivity contribution is 6.04. The largest absolute Gasteiger partial charge is 0.427 e. The molecule has 0 heterocycles. The lowest BCUT2D eigenvalue weighted by Crippen LogP contribution is -2.12. The lowest BCUT2D eigenvalue weighted by molar-refractivity contribution is -0.131. The minimum absolute atomic E-state index is 0.200. The molecule has 2 aromatic rings. The van der Waals surface area contributed by atoms with Crippen molar-refractivity contribution < 1.29 is 14.3 Å². The third-order valence-electron chi connectivity index (χ3n) is 2.63. The van der Waals surface area contributed by atoms with Crippen LogP contribution in [0.15, 0.2) is 48.5 Å². The Hall–Kier alpha value is -2.62. The van der Waals surface area contributed by atoms with Gasteiger partial charge >= 0.3 is 5.97 Å². The van der Waals surface area contributed by atoms with Crippen LogP contribution in [0.5, 0.6) is 5.75 Å². The molecule has 0 unspecified atom stereocenters. The second-order valence-electron chi connectivity index (χ2n) is 4.45. The first kappa shape index (κ1) is 13.8. The van der Waals surface area contributed by atoms with Crippen LogP contribution in [0.1, 0.15) is 22.8 Å². The highest BCUT2D eigenvalue weighted by atomic mass is 16.5. The average Bonchev–Trinajstić information content (AvgIpc) is 2.38. The molecule has 0 bridgehead atoms. The first-order valence-corrected chi connectivity index (χ1v) is 6.21. The van der Waals surface area contributed by atoms with Crippen LogP contribution in [-0.4, -0.2) is 11.9 Å². The summed E-state index contributed by atoms with van der Waals surface area (Å²) in [6.45, 7) is 3.26. The first-order chi connectivity index (χ1) is 9.54. The van der Waals surface area contributed by atoms with E-state index in [9.17, 15) is 9.59 Å². The predicted octanol–water partition coefficient (Wildman–Crippen LogP) is 3.17. The molecule has 4 heteroatoms. The van der Waals surface area contributed by atoms with Gasteiger partial charge in [-0.25, -0.2) is 0 Å². The molecule has 0 aliphatic rings. The third kappa shape index (κ3) is 3.68. The van der Waals surface area contributed by atoms with Crippen LogP contribution in [-0.2, 0) is 4.79 Å². The Labute approximate surface area is 117 Å². The summed E-state index contributed by atoms with van der Waals surface area (Å²) < 4.78 is 4.97. The van der Waals surface area contributed by atoms with Gasteiger partial charge in [-0.15, -0.1) is 0 Å². The normalized spacial score (nSPS) is 9.90. The second-order valence-corrected chi connectivity index (χ2v) is 4.45. The zero-order valence-corrected chi connectivity index (χ0v) is 11.3. The van der Waals surface area contributed by atoms with Crippen LogP contribution < -0.4 is 10.1 Å². The summed E-state index contributed by atoms with van der Waals surface area (Å²) in [5, 5.41) is 2.77. The van der Waals surface area contributed by atoms with E-state index in [0.717, 1.165) is 5.56 Å². The minimum Gasteiger partial charge on any atom is -0.427 e. The molecule has 0 aliphatic heterocycles. The molecule has 1 amide bonds. The number of amides is 1. The molecular formula is C16H15NO3. The Bertz CT molecular complexity index is 650. The number of hydrogen-bond donors (Lipinski definition) is 1. The molecule has 0 spiro atoms. The van der Waals surface area contributed by atoms with E-state index in [1.165, 1.54) is 6.92 Å². The quantitative estimate of drug-likeness (QED) is 0.687. The van der Waals surface area contributed by atoms with Gasteiger partial charge in [0.25, 0.3) is 5.91 Å². The molecule has 2 rings (SSSR count). The van der Waals surface area contributed by atoms with Crippen LogP contribution in [0, 0.1) is 6.92 Å². The van der Waals surface area contributed by atoms with E-state index in [1.807, 2.05) is 25.1 Å². The van der Waals surface area contributed by atoms with E-state index in [0.29, 0.717) is 17.0 Å². The summed E-state index contributed by atoms with van der Waals surface area (Å²) in [4.78, 5) is 23.0. The fraction of sp³-hybridized carbons (Fsp3) is 0.125. The summed E-state index contributed by atoms with van der Waals surface area (Å²) in [5.41, 5.74) is 2.18. The summed E-state index contributed by atoms with van der Waals surface area (Å²) in [6.07, 6.45) is 0. The maximum Gasteiger partial charge on any atom is 0.308 e. The molecule has 0 saturated heterocycles. The van der Waals surface area contributed by atoms with E-state index >= 15 is 0 Å². The number of ether oxygens (including phenoxy) is 1. The topological polar surface area (TPSA) is 55.4 Å². The van der Waals surface area contributed by atoms with Gasteiger partial charge < -0.3 is 10.1 Å².